The number of rotatable bonds is 6. The Balaban J connectivity index is 1.50. The number of urea groups is 1. The van der Waals surface area contributed by atoms with Crippen LogP contribution >= 0.6 is 11.8 Å². The van der Waals surface area contributed by atoms with Crippen molar-refractivity contribution in [1.82, 2.24) is 5.32 Å². The molecule has 2 aliphatic rings. The third-order valence-electron chi connectivity index (χ3n) is 4.30. The summed E-state index contributed by atoms with van der Waals surface area (Å²) in [6.07, 6.45) is 1.00. The van der Waals surface area contributed by atoms with Gasteiger partial charge < -0.3 is 29.6 Å². The lowest BCUT2D eigenvalue weighted by Gasteiger charge is -2.18. The van der Waals surface area contributed by atoms with E-state index in [0.717, 1.165) is 10.6 Å². The maximum absolute atomic E-state index is 12.3. The number of amides is 2. The Hall–Kier alpha value is -1.81. The molecule has 142 valence electrons. The molecule has 4 atom stereocenters. The van der Waals surface area contributed by atoms with Gasteiger partial charge in [0.1, 0.15) is 24.9 Å². The van der Waals surface area contributed by atoms with Crippen molar-refractivity contribution in [2.24, 2.45) is 0 Å². The van der Waals surface area contributed by atoms with Crippen molar-refractivity contribution in [2.45, 2.75) is 29.2 Å². The van der Waals surface area contributed by atoms with E-state index in [-0.39, 0.29) is 37.0 Å². The van der Waals surface area contributed by atoms with Crippen LogP contribution in [0.2, 0.25) is 0 Å². The molecule has 1 aromatic rings. The average molecular weight is 382 g/mol. The Labute approximate surface area is 155 Å². The molecule has 2 amide bonds. The highest BCUT2D eigenvalue weighted by atomic mass is 32.2. The first-order valence-electron chi connectivity index (χ1n) is 8.24. The average Bonchev–Trinajstić information content (AvgIpc) is 3.23. The number of hydrogen-bond acceptors (Lipinski definition) is 7. The third-order valence-corrected chi connectivity index (χ3v) is 5.02. The van der Waals surface area contributed by atoms with E-state index in [1.807, 2.05) is 30.5 Å². The Morgan fingerprint density at radius 3 is 2.85 bits per heavy atom. The molecule has 3 rings (SSSR count). The van der Waals surface area contributed by atoms with Gasteiger partial charge >= 0.3 is 12.0 Å². The number of carbonyl (C=O) groups excluding carboxylic acids is 2. The van der Waals surface area contributed by atoms with Crippen LogP contribution in [0, 0.1) is 0 Å². The van der Waals surface area contributed by atoms with Gasteiger partial charge in [0.15, 0.2) is 0 Å². The highest BCUT2D eigenvalue weighted by molar-refractivity contribution is 7.98. The lowest BCUT2D eigenvalue weighted by atomic mass is 10.1. The van der Waals surface area contributed by atoms with Crippen molar-refractivity contribution in [1.29, 1.82) is 0 Å². The van der Waals surface area contributed by atoms with Gasteiger partial charge in [-0.15, -0.1) is 11.8 Å². The number of fused-ring (bicyclic) bond motifs is 1. The zero-order valence-electron chi connectivity index (χ0n) is 14.6. The Morgan fingerprint density at radius 2 is 2.08 bits per heavy atom. The second-order valence-corrected chi connectivity index (χ2v) is 6.84. The molecular formula is C17H22N2O6S. The number of thioether (sulfide) groups is 1. The summed E-state index contributed by atoms with van der Waals surface area (Å²) in [4.78, 5) is 24.5. The highest BCUT2D eigenvalue weighted by Crippen LogP contribution is 2.29. The van der Waals surface area contributed by atoms with E-state index in [9.17, 15) is 9.59 Å². The second-order valence-electron chi connectivity index (χ2n) is 5.96. The van der Waals surface area contributed by atoms with E-state index >= 15 is 0 Å². The smallest absolute Gasteiger partial charge is 0.331 e. The fourth-order valence-electron chi connectivity index (χ4n) is 3.00. The fourth-order valence-corrected chi connectivity index (χ4v) is 3.46. The zero-order chi connectivity index (χ0) is 18.5. The molecule has 0 bridgehead atoms. The zero-order valence-corrected chi connectivity index (χ0v) is 15.4. The number of methoxy groups -OCH3 is 1. The minimum absolute atomic E-state index is 0.151. The first kappa shape index (κ1) is 19.0. The molecular weight excluding hydrogens is 360 g/mol. The quantitative estimate of drug-likeness (QED) is 0.565. The molecule has 0 aliphatic carbocycles. The standard InChI is InChI=1S/C17H22N2O6S/c1-22-14(20)9-23-13-8-25-15-12(7-24-16(13)15)19-17(21)18-10-4-3-5-11(6-10)26-2/h3-6,12-13,15-16H,7-9H2,1-2H3,(H2,18,19,21)/t12-,13+,15+,16+/m0/s1. The largest absolute Gasteiger partial charge is 0.467 e. The van der Waals surface area contributed by atoms with Crippen LogP contribution < -0.4 is 10.6 Å². The van der Waals surface area contributed by atoms with Crippen molar-refractivity contribution >= 4 is 29.4 Å². The molecule has 0 saturated carbocycles. The van der Waals surface area contributed by atoms with Gasteiger partial charge in [-0.3, -0.25) is 0 Å². The van der Waals surface area contributed by atoms with Crippen LogP contribution in [-0.4, -0.2) is 69.5 Å². The summed E-state index contributed by atoms with van der Waals surface area (Å²) in [6, 6.07) is 7.00. The van der Waals surface area contributed by atoms with Gasteiger partial charge in [0.2, 0.25) is 0 Å². The molecule has 2 fully saturated rings. The van der Waals surface area contributed by atoms with Crippen molar-refractivity contribution < 1.29 is 28.5 Å². The molecule has 9 heteroatoms. The van der Waals surface area contributed by atoms with Gasteiger partial charge in [0.05, 0.1) is 26.4 Å². The molecule has 0 aromatic heterocycles. The summed E-state index contributed by atoms with van der Waals surface area (Å²) in [7, 11) is 1.30. The highest BCUT2D eigenvalue weighted by Gasteiger charge is 2.49. The predicted octanol–water partition coefficient (Wildman–Crippen LogP) is 1.25. The predicted molar refractivity (Wildman–Crippen MR) is 95.4 cm³/mol. The lowest BCUT2D eigenvalue weighted by molar-refractivity contribution is -0.150. The molecule has 1 aromatic carbocycles. The van der Waals surface area contributed by atoms with E-state index in [4.69, 9.17) is 14.2 Å². The monoisotopic (exact) mass is 382 g/mol. The van der Waals surface area contributed by atoms with Gasteiger partial charge in [-0.25, -0.2) is 9.59 Å². The maximum atomic E-state index is 12.3. The lowest BCUT2D eigenvalue weighted by Crippen LogP contribution is -2.46. The summed E-state index contributed by atoms with van der Waals surface area (Å²) in [5.74, 6) is -0.451. The maximum Gasteiger partial charge on any atom is 0.331 e. The van der Waals surface area contributed by atoms with Crippen LogP contribution in [0.4, 0.5) is 10.5 Å². The van der Waals surface area contributed by atoms with Crippen LogP contribution in [0.25, 0.3) is 0 Å². The summed E-state index contributed by atoms with van der Waals surface area (Å²) in [5, 5.41) is 5.69. The van der Waals surface area contributed by atoms with Gasteiger partial charge in [-0.1, -0.05) is 6.07 Å². The molecule has 8 nitrogen and oxygen atoms in total. The van der Waals surface area contributed by atoms with Crippen LogP contribution in [0.1, 0.15) is 0 Å². The van der Waals surface area contributed by atoms with Gasteiger partial charge in [-0.05, 0) is 24.5 Å². The van der Waals surface area contributed by atoms with E-state index < -0.39 is 5.97 Å². The molecule has 2 heterocycles. The second kappa shape index (κ2) is 8.72. The molecule has 0 unspecified atom stereocenters. The van der Waals surface area contributed by atoms with Crippen LogP contribution in [0.15, 0.2) is 29.2 Å². The Morgan fingerprint density at radius 1 is 1.27 bits per heavy atom. The van der Waals surface area contributed by atoms with Gasteiger partial charge in [0.25, 0.3) is 0 Å². The first-order chi connectivity index (χ1) is 12.6. The minimum atomic E-state index is -0.451. The number of anilines is 1. The van der Waals surface area contributed by atoms with Crippen LogP contribution in [-0.2, 0) is 23.7 Å². The number of hydrogen-bond donors (Lipinski definition) is 2. The number of benzene rings is 1. The Kier molecular flexibility index (Phi) is 6.36. The molecule has 26 heavy (non-hydrogen) atoms. The molecule has 0 radical (unpaired) electrons. The minimum Gasteiger partial charge on any atom is -0.467 e. The van der Waals surface area contributed by atoms with E-state index in [1.54, 1.807) is 11.8 Å². The molecule has 0 spiro atoms. The first-order valence-corrected chi connectivity index (χ1v) is 9.46. The topological polar surface area (TPSA) is 95.1 Å². The van der Waals surface area contributed by atoms with Gasteiger partial charge in [0, 0.05) is 10.6 Å². The summed E-state index contributed by atoms with van der Waals surface area (Å²) in [6.45, 7) is 0.481. The van der Waals surface area contributed by atoms with Crippen molar-refractivity contribution in [3.05, 3.63) is 24.3 Å². The summed E-state index contributed by atoms with van der Waals surface area (Å²) >= 11 is 1.61. The van der Waals surface area contributed by atoms with Crippen molar-refractivity contribution in [2.75, 3.05) is 38.5 Å². The summed E-state index contributed by atoms with van der Waals surface area (Å²) < 4.78 is 21.5. The molecule has 2 aliphatic heterocycles. The number of carbonyl (C=O) groups is 2. The third kappa shape index (κ3) is 4.47. The molecule has 2 N–H and O–H groups in total. The van der Waals surface area contributed by atoms with Crippen LogP contribution in [0.5, 0.6) is 0 Å². The number of esters is 1. The number of ether oxygens (including phenoxy) is 4. The normalized spacial score (nSPS) is 27.0. The number of nitrogens with one attached hydrogen (secondary N) is 2. The Bertz CT molecular complexity index is 658. The van der Waals surface area contributed by atoms with E-state index in [0.29, 0.717) is 13.2 Å². The van der Waals surface area contributed by atoms with Crippen LogP contribution in [0.3, 0.4) is 0 Å². The van der Waals surface area contributed by atoms with Crippen molar-refractivity contribution in [3.63, 3.8) is 0 Å². The summed E-state index contributed by atoms with van der Waals surface area (Å²) in [5.41, 5.74) is 0.719. The van der Waals surface area contributed by atoms with E-state index in [1.165, 1.54) is 7.11 Å². The van der Waals surface area contributed by atoms with Crippen molar-refractivity contribution in [3.8, 4) is 0 Å². The van der Waals surface area contributed by atoms with Gasteiger partial charge in [-0.2, -0.15) is 0 Å². The molecule has 2 saturated heterocycles. The van der Waals surface area contributed by atoms with E-state index in [2.05, 4.69) is 15.4 Å². The fraction of sp³-hybridized carbons (Fsp3) is 0.529. The SMILES string of the molecule is COC(=O)CO[C@@H]1CO[C@H]2[C@@H]1OC[C@@H]2NC(=O)Nc1cccc(SC)c1.